The van der Waals surface area contributed by atoms with Crippen LogP contribution in [-0.2, 0) is 0 Å². The highest BCUT2D eigenvalue weighted by molar-refractivity contribution is 4.99. The van der Waals surface area contributed by atoms with Gasteiger partial charge in [-0.1, -0.05) is 0 Å². The van der Waals surface area contributed by atoms with Crippen LogP contribution in [0, 0.1) is 0 Å². The maximum atomic E-state index is 3.72. The molecule has 0 aromatic carbocycles. The summed E-state index contributed by atoms with van der Waals surface area (Å²) in [4.78, 5) is 2.22. The first-order valence-electron chi connectivity index (χ1n) is 6.33. The molecular formula is C13H29N3. The zero-order valence-corrected chi connectivity index (χ0v) is 12.0. The fourth-order valence-corrected chi connectivity index (χ4v) is 2.93. The molecule has 0 spiro atoms. The summed E-state index contributed by atoms with van der Waals surface area (Å²) < 4.78 is 0. The van der Waals surface area contributed by atoms with E-state index in [0.29, 0.717) is 12.2 Å². The van der Waals surface area contributed by atoms with E-state index in [9.17, 15) is 0 Å². The Balaban J connectivity index is 2.61. The Kier molecular flexibility index (Phi) is 4.04. The van der Waals surface area contributed by atoms with E-state index in [1.54, 1.807) is 0 Å². The molecule has 3 heteroatoms. The number of nitrogens with zero attached hydrogens (tertiary/aromatic N) is 1. The molecule has 0 radical (unpaired) electrons. The van der Waals surface area contributed by atoms with Crippen LogP contribution in [0.4, 0.5) is 0 Å². The third-order valence-electron chi connectivity index (χ3n) is 3.44. The van der Waals surface area contributed by atoms with Crippen LogP contribution in [0.2, 0.25) is 0 Å². The molecule has 0 aromatic rings. The van der Waals surface area contributed by atoms with Gasteiger partial charge in [-0.05, 0) is 61.6 Å². The van der Waals surface area contributed by atoms with Crippen LogP contribution < -0.4 is 10.6 Å². The molecule has 1 atom stereocenters. The number of hydrogen-bond donors (Lipinski definition) is 2. The fraction of sp³-hybridized carbons (Fsp3) is 1.00. The molecule has 1 unspecified atom stereocenters. The van der Waals surface area contributed by atoms with Crippen molar-refractivity contribution < 1.29 is 0 Å². The summed E-state index contributed by atoms with van der Waals surface area (Å²) in [5.41, 5.74) is 0.455. The monoisotopic (exact) mass is 227 g/mol. The van der Waals surface area contributed by atoms with E-state index in [1.807, 2.05) is 0 Å². The lowest BCUT2D eigenvalue weighted by atomic mass is 9.79. The first-order valence-corrected chi connectivity index (χ1v) is 6.33. The van der Waals surface area contributed by atoms with Crippen molar-refractivity contribution in [1.82, 2.24) is 15.5 Å². The van der Waals surface area contributed by atoms with Crippen molar-refractivity contribution in [2.45, 2.75) is 70.7 Å². The molecule has 1 heterocycles. The van der Waals surface area contributed by atoms with E-state index < -0.39 is 0 Å². The molecule has 0 aromatic heterocycles. The number of nitrogens with one attached hydrogen (secondary N) is 2. The van der Waals surface area contributed by atoms with Gasteiger partial charge in [-0.3, -0.25) is 10.2 Å². The van der Waals surface area contributed by atoms with Gasteiger partial charge in [-0.25, -0.2) is 0 Å². The summed E-state index contributed by atoms with van der Waals surface area (Å²) in [7, 11) is 4.24. The number of rotatable bonds is 3. The molecule has 3 nitrogen and oxygen atoms in total. The highest BCUT2D eigenvalue weighted by atomic mass is 15.2. The maximum Gasteiger partial charge on any atom is 0.0565 e. The van der Waals surface area contributed by atoms with Gasteiger partial charge in [0.1, 0.15) is 0 Å². The van der Waals surface area contributed by atoms with E-state index in [0.717, 1.165) is 0 Å². The molecule has 0 aliphatic carbocycles. The van der Waals surface area contributed by atoms with Crippen molar-refractivity contribution in [1.29, 1.82) is 0 Å². The van der Waals surface area contributed by atoms with Gasteiger partial charge in [0.25, 0.3) is 0 Å². The summed E-state index contributed by atoms with van der Waals surface area (Å²) in [5, 5.41) is 7.43. The molecule has 0 saturated carbocycles. The molecule has 1 aliphatic rings. The van der Waals surface area contributed by atoms with Gasteiger partial charge in [0.2, 0.25) is 0 Å². The van der Waals surface area contributed by atoms with Gasteiger partial charge >= 0.3 is 0 Å². The normalized spacial score (nSPS) is 27.0. The van der Waals surface area contributed by atoms with Crippen LogP contribution in [0.25, 0.3) is 0 Å². The molecule has 96 valence electrons. The Labute approximate surface area is 101 Å². The fourth-order valence-electron chi connectivity index (χ4n) is 2.93. The molecule has 0 amide bonds. The van der Waals surface area contributed by atoms with E-state index in [1.165, 1.54) is 12.8 Å². The minimum Gasteiger partial charge on any atom is -0.307 e. The van der Waals surface area contributed by atoms with Crippen molar-refractivity contribution in [3.63, 3.8) is 0 Å². The number of hydrogen-bond acceptors (Lipinski definition) is 3. The van der Waals surface area contributed by atoms with Crippen LogP contribution in [0.3, 0.4) is 0 Å². The van der Waals surface area contributed by atoms with Crippen LogP contribution in [-0.4, -0.2) is 42.3 Å². The molecule has 1 fully saturated rings. The second-order valence-electron chi connectivity index (χ2n) is 6.80. The highest BCUT2D eigenvalue weighted by Gasteiger charge is 2.37. The molecule has 1 saturated heterocycles. The molecule has 16 heavy (non-hydrogen) atoms. The molecular weight excluding hydrogens is 198 g/mol. The Bertz CT molecular complexity index is 217. The van der Waals surface area contributed by atoms with Gasteiger partial charge in [0, 0.05) is 17.1 Å². The zero-order valence-electron chi connectivity index (χ0n) is 12.0. The quantitative estimate of drug-likeness (QED) is 0.720. The average Bonchev–Trinajstić information content (AvgIpc) is 1.96. The predicted octanol–water partition coefficient (Wildman–Crippen LogP) is 1.79. The second kappa shape index (κ2) is 4.63. The Morgan fingerprint density at radius 3 is 1.94 bits per heavy atom. The first-order chi connectivity index (χ1) is 7.11. The highest BCUT2D eigenvalue weighted by Crippen LogP contribution is 2.28. The lowest BCUT2D eigenvalue weighted by Gasteiger charge is -2.47. The molecule has 0 bridgehead atoms. The molecule has 1 aliphatic heterocycles. The van der Waals surface area contributed by atoms with Gasteiger partial charge in [0.05, 0.1) is 6.17 Å². The topological polar surface area (TPSA) is 27.3 Å². The lowest BCUT2D eigenvalue weighted by molar-refractivity contribution is 0.121. The van der Waals surface area contributed by atoms with Crippen LogP contribution in [0.15, 0.2) is 0 Å². The Hall–Kier alpha value is -0.120. The summed E-state index contributed by atoms with van der Waals surface area (Å²) >= 11 is 0. The smallest absolute Gasteiger partial charge is 0.0565 e. The van der Waals surface area contributed by atoms with Crippen molar-refractivity contribution in [2.75, 3.05) is 14.1 Å². The summed E-state index contributed by atoms with van der Waals surface area (Å²) in [6.45, 7) is 11.4. The summed E-state index contributed by atoms with van der Waals surface area (Å²) in [5.74, 6) is 0. The van der Waals surface area contributed by atoms with E-state index >= 15 is 0 Å². The van der Waals surface area contributed by atoms with Crippen molar-refractivity contribution in [2.24, 2.45) is 0 Å². The third-order valence-corrected chi connectivity index (χ3v) is 3.44. The Morgan fingerprint density at radius 2 is 1.56 bits per heavy atom. The van der Waals surface area contributed by atoms with Crippen molar-refractivity contribution in [3.05, 3.63) is 0 Å². The first kappa shape index (κ1) is 13.9. The van der Waals surface area contributed by atoms with Gasteiger partial charge < -0.3 is 5.32 Å². The summed E-state index contributed by atoms with van der Waals surface area (Å²) in [6.07, 6.45) is 2.82. The van der Waals surface area contributed by atoms with Gasteiger partial charge in [-0.2, -0.15) is 0 Å². The van der Waals surface area contributed by atoms with Gasteiger partial charge in [-0.15, -0.1) is 0 Å². The van der Waals surface area contributed by atoms with Crippen molar-refractivity contribution >= 4 is 0 Å². The number of piperidine rings is 1. The van der Waals surface area contributed by atoms with Crippen LogP contribution >= 0.6 is 0 Å². The minimum atomic E-state index is 0.228. The van der Waals surface area contributed by atoms with Gasteiger partial charge in [0.15, 0.2) is 0 Å². The van der Waals surface area contributed by atoms with E-state index in [-0.39, 0.29) is 11.1 Å². The largest absolute Gasteiger partial charge is 0.307 e. The third kappa shape index (κ3) is 4.04. The second-order valence-corrected chi connectivity index (χ2v) is 6.80. The zero-order chi connectivity index (χ0) is 12.6. The average molecular weight is 227 g/mol. The lowest BCUT2D eigenvalue weighted by Crippen LogP contribution is -2.63. The van der Waals surface area contributed by atoms with Crippen LogP contribution in [0.5, 0.6) is 0 Å². The maximum absolute atomic E-state index is 3.72. The van der Waals surface area contributed by atoms with E-state index in [4.69, 9.17) is 0 Å². The predicted molar refractivity (Wildman–Crippen MR) is 70.6 cm³/mol. The summed E-state index contributed by atoms with van der Waals surface area (Å²) in [6, 6.07) is 0.601. The Morgan fingerprint density at radius 1 is 1.12 bits per heavy atom. The minimum absolute atomic E-state index is 0.228. The standard InChI is InChI=1S/C13H29N3/c1-10(16(6)7)14-11-8-12(2,3)15-13(4,5)9-11/h10-11,14-15H,8-9H2,1-7H3. The molecule has 1 rings (SSSR count). The molecule has 2 N–H and O–H groups in total. The van der Waals surface area contributed by atoms with E-state index in [2.05, 4.69) is 64.2 Å². The van der Waals surface area contributed by atoms with Crippen molar-refractivity contribution in [3.8, 4) is 0 Å². The van der Waals surface area contributed by atoms with Crippen LogP contribution in [0.1, 0.15) is 47.5 Å². The SMILES string of the molecule is CC(NC1CC(C)(C)NC(C)(C)C1)N(C)C.